The van der Waals surface area contributed by atoms with Crippen LogP contribution in [0.3, 0.4) is 0 Å². The van der Waals surface area contributed by atoms with Crippen LogP contribution in [0.4, 0.5) is 10.5 Å². The maximum absolute atomic E-state index is 12.5. The fourth-order valence-corrected chi connectivity index (χ4v) is 3.35. The van der Waals surface area contributed by atoms with Crippen molar-refractivity contribution in [3.8, 4) is 0 Å². The molecule has 0 aromatic heterocycles. The Balaban J connectivity index is 1.64. The Morgan fingerprint density at radius 3 is 2.67 bits per heavy atom. The van der Waals surface area contributed by atoms with Gasteiger partial charge < -0.3 is 15.0 Å². The van der Waals surface area contributed by atoms with E-state index in [4.69, 9.17) is 4.74 Å². The molecule has 1 N–H and O–H groups in total. The molecule has 144 valence electrons. The number of hydrogen-bond donors (Lipinski definition) is 1. The van der Waals surface area contributed by atoms with Gasteiger partial charge in [-0.1, -0.05) is 12.1 Å². The minimum atomic E-state index is -1.08. The summed E-state index contributed by atoms with van der Waals surface area (Å²) in [5, 5.41) is 2.53. The van der Waals surface area contributed by atoms with Crippen molar-refractivity contribution >= 4 is 29.5 Å². The molecule has 1 aromatic carbocycles. The zero-order valence-corrected chi connectivity index (χ0v) is 15.7. The number of esters is 1. The number of amides is 4. The summed E-state index contributed by atoms with van der Waals surface area (Å²) >= 11 is 0. The monoisotopic (exact) mass is 373 g/mol. The molecule has 0 bridgehead atoms. The first-order valence-electron chi connectivity index (χ1n) is 8.96. The number of imide groups is 1. The molecule has 0 unspecified atom stereocenters. The molecule has 2 fully saturated rings. The third-order valence-electron chi connectivity index (χ3n) is 5.09. The Labute approximate surface area is 157 Å². The molecule has 0 spiro atoms. The van der Waals surface area contributed by atoms with Crippen LogP contribution in [0.1, 0.15) is 24.5 Å². The molecular formula is C19H23N3O5. The summed E-state index contributed by atoms with van der Waals surface area (Å²) < 4.78 is 5.25. The molecule has 1 aromatic rings. The van der Waals surface area contributed by atoms with Crippen LogP contribution in [0.25, 0.3) is 0 Å². The summed E-state index contributed by atoms with van der Waals surface area (Å²) in [5.41, 5.74) is 2.84. The lowest BCUT2D eigenvalue weighted by Crippen LogP contribution is -2.42. The van der Waals surface area contributed by atoms with Gasteiger partial charge in [-0.2, -0.15) is 0 Å². The zero-order chi connectivity index (χ0) is 19.7. The second-order valence-corrected chi connectivity index (χ2v) is 6.93. The number of aryl methyl sites for hydroxylation is 1. The first-order valence-corrected chi connectivity index (χ1v) is 8.96. The molecule has 2 aliphatic rings. The van der Waals surface area contributed by atoms with Gasteiger partial charge >= 0.3 is 12.0 Å². The first-order chi connectivity index (χ1) is 12.8. The lowest BCUT2D eigenvalue weighted by atomic mass is 10.1. The lowest BCUT2D eigenvalue weighted by molar-refractivity contribution is -0.160. The minimum Gasteiger partial charge on any atom is -0.452 e. The van der Waals surface area contributed by atoms with Crippen LogP contribution >= 0.6 is 0 Å². The van der Waals surface area contributed by atoms with E-state index in [1.165, 1.54) is 6.92 Å². The highest BCUT2D eigenvalue weighted by Crippen LogP contribution is 2.30. The van der Waals surface area contributed by atoms with Crippen LogP contribution in [0.2, 0.25) is 0 Å². The van der Waals surface area contributed by atoms with Crippen LogP contribution < -0.4 is 10.2 Å². The largest absolute Gasteiger partial charge is 0.452 e. The molecule has 0 saturated carbocycles. The quantitative estimate of drug-likeness (QED) is 0.799. The van der Waals surface area contributed by atoms with Crippen molar-refractivity contribution in [3.63, 3.8) is 0 Å². The SMILES string of the molecule is Cc1cccc(N2C[C@H](C(=O)O[C@@H](C)C(=O)N3CCNC3=O)CC2=O)c1C. The number of anilines is 1. The van der Waals surface area contributed by atoms with Crippen molar-refractivity contribution in [1.82, 2.24) is 10.2 Å². The van der Waals surface area contributed by atoms with Crippen molar-refractivity contribution in [1.29, 1.82) is 0 Å². The molecule has 2 saturated heterocycles. The Kier molecular flexibility index (Phi) is 5.16. The zero-order valence-electron chi connectivity index (χ0n) is 15.7. The maximum Gasteiger partial charge on any atom is 0.324 e. The molecule has 2 aliphatic heterocycles. The highest BCUT2D eigenvalue weighted by atomic mass is 16.5. The summed E-state index contributed by atoms with van der Waals surface area (Å²) in [7, 11) is 0. The van der Waals surface area contributed by atoms with E-state index < -0.39 is 29.9 Å². The van der Waals surface area contributed by atoms with Crippen molar-refractivity contribution in [2.24, 2.45) is 5.92 Å². The number of nitrogens with one attached hydrogen (secondary N) is 1. The molecule has 8 heteroatoms. The van der Waals surface area contributed by atoms with Gasteiger partial charge in [-0.15, -0.1) is 0 Å². The van der Waals surface area contributed by atoms with Crippen molar-refractivity contribution < 1.29 is 23.9 Å². The number of rotatable bonds is 4. The van der Waals surface area contributed by atoms with E-state index in [2.05, 4.69) is 5.32 Å². The number of benzene rings is 1. The molecule has 4 amide bonds. The van der Waals surface area contributed by atoms with Gasteiger partial charge in [-0.25, -0.2) is 4.79 Å². The fraction of sp³-hybridized carbons (Fsp3) is 0.474. The number of urea groups is 1. The fourth-order valence-electron chi connectivity index (χ4n) is 3.35. The first kappa shape index (κ1) is 18.9. The Morgan fingerprint density at radius 1 is 1.26 bits per heavy atom. The van der Waals surface area contributed by atoms with Gasteiger partial charge in [0.05, 0.1) is 5.92 Å². The second kappa shape index (κ2) is 7.38. The Morgan fingerprint density at radius 2 is 2.00 bits per heavy atom. The molecule has 0 aliphatic carbocycles. The van der Waals surface area contributed by atoms with Gasteiger partial charge in [0.1, 0.15) is 0 Å². The van der Waals surface area contributed by atoms with E-state index in [1.807, 2.05) is 32.0 Å². The van der Waals surface area contributed by atoms with Crippen LogP contribution in [-0.4, -0.2) is 54.5 Å². The van der Waals surface area contributed by atoms with Crippen LogP contribution in [0.5, 0.6) is 0 Å². The van der Waals surface area contributed by atoms with Gasteiger partial charge in [0.2, 0.25) is 5.91 Å². The van der Waals surface area contributed by atoms with Crippen molar-refractivity contribution in [2.45, 2.75) is 33.3 Å². The highest BCUT2D eigenvalue weighted by Gasteiger charge is 2.39. The molecule has 27 heavy (non-hydrogen) atoms. The van der Waals surface area contributed by atoms with E-state index in [9.17, 15) is 19.2 Å². The van der Waals surface area contributed by atoms with E-state index in [0.717, 1.165) is 21.7 Å². The van der Waals surface area contributed by atoms with Crippen molar-refractivity contribution in [2.75, 3.05) is 24.5 Å². The molecule has 8 nitrogen and oxygen atoms in total. The molecule has 3 rings (SSSR count). The lowest BCUT2D eigenvalue weighted by Gasteiger charge is -2.21. The van der Waals surface area contributed by atoms with Gasteiger partial charge in [0.25, 0.3) is 5.91 Å². The van der Waals surface area contributed by atoms with Crippen LogP contribution in [0, 0.1) is 19.8 Å². The van der Waals surface area contributed by atoms with Gasteiger partial charge in [-0.3, -0.25) is 19.3 Å². The third kappa shape index (κ3) is 3.65. The summed E-state index contributed by atoms with van der Waals surface area (Å²) in [5.74, 6) is -1.95. The average Bonchev–Trinajstić information content (AvgIpc) is 3.22. The van der Waals surface area contributed by atoms with Gasteiger partial charge in [-0.05, 0) is 38.0 Å². The Bertz CT molecular complexity index is 807. The highest BCUT2D eigenvalue weighted by molar-refractivity contribution is 6.01. The Hall–Kier alpha value is -2.90. The smallest absolute Gasteiger partial charge is 0.324 e. The van der Waals surface area contributed by atoms with E-state index in [1.54, 1.807) is 4.90 Å². The van der Waals surface area contributed by atoms with Crippen molar-refractivity contribution in [3.05, 3.63) is 29.3 Å². The topological polar surface area (TPSA) is 96.0 Å². The number of carbonyl (C=O) groups excluding carboxylic acids is 4. The third-order valence-corrected chi connectivity index (χ3v) is 5.09. The van der Waals surface area contributed by atoms with Gasteiger partial charge in [0, 0.05) is 31.7 Å². The second-order valence-electron chi connectivity index (χ2n) is 6.93. The summed E-state index contributed by atoms with van der Waals surface area (Å²) in [4.78, 5) is 51.3. The predicted octanol–water partition coefficient (Wildman–Crippen LogP) is 1.14. The molecule has 2 atom stereocenters. The minimum absolute atomic E-state index is 0.0390. The number of hydrogen-bond acceptors (Lipinski definition) is 5. The summed E-state index contributed by atoms with van der Waals surface area (Å²) in [6.07, 6.45) is -1.04. The molecule has 2 heterocycles. The number of carbonyl (C=O) groups is 4. The van der Waals surface area contributed by atoms with E-state index in [-0.39, 0.29) is 25.4 Å². The molecular weight excluding hydrogens is 350 g/mol. The standard InChI is InChI=1S/C19H23N3O5/c1-11-5-4-6-15(12(11)2)22-10-14(9-16(22)23)18(25)27-13(3)17(24)21-8-7-20-19(21)26/h4-6,13-14H,7-10H2,1-3H3,(H,20,26)/t13-,14+/m0/s1. The molecule has 0 radical (unpaired) electrons. The number of ether oxygens (including phenoxy) is 1. The van der Waals surface area contributed by atoms with E-state index in [0.29, 0.717) is 6.54 Å². The van der Waals surface area contributed by atoms with Crippen LogP contribution in [-0.2, 0) is 19.1 Å². The number of nitrogens with zero attached hydrogens (tertiary/aromatic N) is 2. The maximum atomic E-state index is 12.5. The summed E-state index contributed by atoms with van der Waals surface area (Å²) in [6, 6.07) is 5.21. The summed E-state index contributed by atoms with van der Waals surface area (Å²) in [6.45, 7) is 6.19. The predicted molar refractivity (Wildman–Crippen MR) is 97.0 cm³/mol. The normalized spacial score (nSPS) is 20.6. The van der Waals surface area contributed by atoms with Crippen LogP contribution in [0.15, 0.2) is 18.2 Å². The average molecular weight is 373 g/mol. The van der Waals surface area contributed by atoms with E-state index >= 15 is 0 Å². The van der Waals surface area contributed by atoms with Gasteiger partial charge in [0.15, 0.2) is 6.10 Å².